The van der Waals surface area contributed by atoms with Crippen molar-refractivity contribution >= 4 is 17.6 Å². The van der Waals surface area contributed by atoms with E-state index in [-0.39, 0.29) is 5.91 Å². The largest absolute Gasteiger partial charge is 0.357 e. The summed E-state index contributed by atoms with van der Waals surface area (Å²) in [4.78, 5) is 15.4. The van der Waals surface area contributed by atoms with Crippen LogP contribution in [0, 0.1) is 0 Å². The molecule has 0 bridgehead atoms. The van der Waals surface area contributed by atoms with Gasteiger partial charge in [0.15, 0.2) is 0 Å². The second kappa shape index (κ2) is 6.49. The van der Waals surface area contributed by atoms with Crippen LogP contribution in [0.3, 0.4) is 0 Å². The van der Waals surface area contributed by atoms with Crippen LogP contribution in [0.25, 0.3) is 0 Å². The number of benzene rings is 1. The van der Waals surface area contributed by atoms with Crippen molar-refractivity contribution in [2.75, 3.05) is 12.4 Å². The second-order valence-electron chi connectivity index (χ2n) is 3.40. The van der Waals surface area contributed by atoms with Crippen LogP contribution in [0.5, 0.6) is 0 Å². The van der Waals surface area contributed by atoms with Crippen molar-refractivity contribution in [3.05, 3.63) is 30.3 Å². The van der Waals surface area contributed by atoms with Crippen LogP contribution >= 0.6 is 0 Å². The van der Waals surface area contributed by atoms with Crippen LogP contribution < -0.4 is 21.9 Å². The third-order valence-electron chi connectivity index (χ3n) is 2.12. The maximum atomic E-state index is 11.3. The number of para-hydroxylation sites is 1. The number of hydrazine groups is 1. The number of nitrogens with zero attached hydrogens (tertiary/aromatic N) is 1. The Hall–Kier alpha value is -2.08. The summed E-state index contributed by atoms with van der Waals surface area (Å²) >= 11 is 0. The fourth-order valence-electron chi connectivity index (χ4n) is 1.22. The van der Waals surface area contributed by atoms with Gasteiger partial charge in [-0.05, 0) is 19.1 Å². The van der Waals surface area contributed by atoms with Crippen LogP contribution in [0.2, 0.25) is 0 Å². The smallest absolute Gasteiger partial charge is 0.244 e. The monoisotopic (exact) mass is 235 g/mol. The third kappa shape index (κ3) is 4.12. The Balaban J connectivity index is 2.72. The second-order valence-corrected chi connectivity index (χ2v) is 3.40. The van der Waals surface area contributed by atoms with Crippen molar-refractivity contribution < 1.29 is 4.79 Å². The Labute approximate surface area is 100 Å². The van der Waals surface area contributed by atoms with E-state index >= 15 is 0 Å². The Morgan fingerprint density at radius 3 is 2.53 bits per heavy atom. The molecule has 1 unspecified atom stereocenters. The highest BCUT2D eigenvalue weighted by atomic mass is 16.2. The molecular weight excluding hydrogens is 218 g/mol. The summed E-state index contributed by atoms with van der Waals surface area (Å²) in [5, 5.41) is 5.49. The average molecular weight is 235 g/mol. The molecule has 1 aromatic rings. The van der Waals surface area contributed by atoms with E-state index in [9.17, 15) is 4.79 Å². The number of hydrogen-bond donors (Lipinski definition) is 4. The predicted octanol–water partition coefficient (Wildman–Crippen LogP) is 0.0523. The van der Waals surface area contributed by atoms with E-state index in [0.717, 1.165) is 5.69 Å². The minimum atomic E-state index is -0.512. The molecule has 0 spiro atoms. The number of nitrogens with two attached hydrogens (primary N) is 1. The summed E-state index contributed by atoms with van der Waals surface area (Å²) in [7, 11) is 1.56. The van der Waals surface area contributed by atoms with Gasteiger partial charge in [-0.1, -0.05) is 18.2 Å². The molecule has 1 rings (SSSR count). The van der Waals surface area contributed by atoms with Gasteiger partial charge in [-0.2, -0.15) is 0 Å². The minimum absolute atomic E-state index is 0.174. The molecule has 5 N–H and O–H groups in total. The molecule has 0 aliphatic rings. The number of anilines is 1. The number of aliphatic imine (C=N–C) groups is 1. The number of carbonyl (C=O) groups is 1. The lowest BCUT2D eigenvalue weighted by Gasteiger charge is -2.11. The van der Waals surface area contributed by atoms with Crippen molar-refractivity contribution in [2.24, 2.45) is 10.8 Å². The Bertz CT molecular complexity index is 390. The van der Waals surface area contributed by atoms with Gasteiger partial charge in [0.25, 0.3) is 0 Å². The molecule has 1 atom stereocenters. The highest BCUT2D eigenvalue weighted by Gasteiger charge is 2.10. The molecule has 6 nitrogen and oxygen atoms in total. The van der Waals surface area contributed by atoms with Gasteiger partial charge < -0.3 is 10.6 Å². The molecule has 1 amide bonds. The molecule has 6 heteroatoms. The first-order valence-electron chi connectivity index (χ1n) is 5.25. The van der Waals surface area contributed by atoms with Crippen LogP contribution in [0.4, 0.5) is 5.69 Å². The standard InChI is InChI=1S/C11H17N5O/c1-8(10(17)13-2)14-11(16-12)15-9-6-4-3-5-7-9/h3-8H,12H2,1-2H3,(H,13,17)(H2,14,15,16). The van der Waals surface area contributed by atoms with Gasteiger partial charge >= 0.3 is 0 Å². The van der Waals surface area contributed by atoms with Crippen LogP contribution in [0.1, 0.15) is 6.92 Å². The van der Waals surface area contributed by atoms with Gasteiger partial charge in [0, 0.05) is 12.7 Å². The number of likely N-dealkylation sites (N-methyl/N-ethyl adjacent to an activating group) is 1. The van der Waals surface area contributed by atoms with Gasteiger partial charge in [-0.3, -0.25) is 10.2 Å². The summed E-state index contributed by atoms with van der Waals surface area (Å²) in [5.74, 6) is 5.50. The summed E-state index contributed by atoms with van der Waals surface area (Å²) in [6.07, 6.45) is 0. The lowest BCUT2D eigenvalue weighted by atomic mass is 10.3. The topological polar surface area (TPSA) is 91.5 Å². The number of hydrogen-bond acceptors (Lipinski definition) is 3. The van der Waals surface area contributed by atoms with Crippen molar-refractivity contribution in [1.29, 1.82) is 0 Å². The van der Waals surface area contributed by atoms with E-state index in [2.05, 4.69) is 21.1 Å². The summed E-state index contributed by atoms with van der Waals surface area (Å²) in [5.41, 5.74) is 3.26. The molecule has 0 radical (unpaired) electrons. The molecule has 0 saturated carbocycles. The maximum Gasteiger partial charge on any atom is 0.244 e. The van der Waals surface area contributed by atoms with E-state index < -0.39 is 6.04 Å². The molecule has 0 fully saturated rings. The van der Waals surface area contributed by atoms with E-state index in [4.69, 9.17) is 5.84 Å². The normalized spacial score (nSPS) is 12.8. The highest BCUT2D eigenvalue weighted by Crippen LogP contribution is 2.04. The Morgan fingerprint density at radius 2 is 2.00 bits per heavy atom. The molecule has 0 aromatic heterocycles. The first kappa shape index (κ1) is 13.0. The van der Waals surface area contributed by atoms with Crippen LogP contribution in [0.15, 0.2) is 35.3 Å². The molecular formula is C11H17N5O. The van der Waals surface area contributed by atoms with Crippen LogP contribution in [-0.4, -0.2) is 25.0 Å². The Morgan fingerprint density at radius 1 is 1.35 bits per heavy atom. The number of rotatable bonds is 3. The molecule has 0 aliphatic carbocycles. The SMILES string of the molecule is CNC(=O)C(C)N=C(NN)Nc1ccccc1. The molecule has 0 aliphatic heterocycles. The van der Waals surface area contributed by atoms with Gasteiger partial charge in [-0.25, -0.2) is 10.8 Å². The fourth-order valence-corrected chi connectivity index (χ4v) is 1.22. The summed E-state index contributed by atoms with van der Waals surface area (Å²) in [6.45, 7) is 1.68. The van der Waals surface area contributed by atoms with Gasteiger partial charge in [-0.15, -0.1) is 0 Å². The summed E-state index contributed by atoms with van der Waals surface area (Å²) < 4.78 is 0. The first-order chi connectivity index (χ1) is 8.17. The molecule has 92 valence electrons. The Kier molecular flexibility index (Phi) is 4.96. The van der Waals surface area contributed by atoms with Gasteiger partial charge in [0.05, 0.1) is 0 Å². The zero-order valence-corrected chi connectivity index (χ0v) is 9.90. The lowest BCUT2D eigenvalue weighted by Crippen LogP contribution is -2.39. The number of nitrogens with one attached hydrogen (secondary N) is 3. The van der Waals surface area contributed by atoms with Gasteiger partial charge in [0.2, 0.25) is 11.9 Å². The average Bonchev–Trinajstić information content (AvgIpc) is 2.38. The van der Waals surface area contributed by atoms with E-state index in [1.807, 2.05) is 30.3 Å². The van der Waals surface area contributed by atoms with Crippen LogP contribution in [-0.2, 0) is 4.79 Å². The zero-order valence-electron chi connectivity index (χ0n) is 9.90. The van der Waals surface area contributed by atoms with E-state index in [1.54, 1.807) is 14.0 Å². The van der Waals surface area contributed by atoms with Crippen molar-refractivity contribution in [3.8, 4) is 0 Å². The summed E-state index contributed by atoms with van der Waals surface area (Å²) in [6, 6.07) is 8.92. The molecule has 1 aromatic carbocycles. The van der Waals surface area contributed by atoms with Crippen molar-refractivity contribution in [1.82, 2.24) is 10.7 Å². The van der Waals surface area contributed by atoms with E-state index in [0.29, 0.717) is 5.96 Å². The quantitative estimate of drug-likeness (QED) is 0.258. The minimum Gasteiger partial charge on any atom is -0.357 e. The van der Waals surface area contributed by atoms with E-state index in [1.165, 1.54) is 0 Å². The van der Waals surface area contributed by atoms with Gasteiger partial charge in [0.1, 0.15) is 6.04 Å². The zero-order chi connectivity index (χ0) is 12.7. The van der Waals surface area contributed by atoms with Crippen molar-refractivity contribution in [3.63, 3.8) is 0 Å². The number of amides is 1. The highest BCUT2D eigenvalue weighted by molar-refractivity contribution is 5.95. The molecule has 0 saturated heterocycles. The molecule has 0 heterocycles. The predicted molar refractivity (Wildman–Crippen MR) is 68.4 cm³/mol. The van der Waals surface area contributed by atoms with Crippen molar-refractivity contribution in [2.45, 2.75) is 13.0 Å². The number of carbonyl (C=O) groups excluding carboxylic acids is 1. The first-order valence-corrected chi connectivity index (χ1v) is 5.25. The lowest BCUT2D eigenvalue weighted by molar-refractivity contribution is -0.121. The fraction of sp³-hybridized carbons (Fsp3) is 0.273. The third-order valence-corrected chi connectivity index (χ3v) is 2.12. The maximum absolute atomic E-state index is 11.3. The molecule has 17 heavy (non-hydrogen) atoms. The number of guanidine groups is 1.